The average Bonchev–Trinajstić information content (AvgIpc) is 3.15. The minimum Gasteiger partial charge on any atom is -0.352 e. The van der Waals surface area contributed by atoms with Gasteiger partial charge in [0.05, 0.1) is 13.1 Å². The van der Waals surface area contributed by atoms with E-state index in [-0.39, 0.29) is 36.4 Å². The molecule has 20 heavy (non-hydrogen) atoms. The molecule has 108 valence electrons. The molecule has 0 aromatic heterocycles. The fraction of sp³-hybridized carbons (Fsp3) is 0.429. The molecule has 1 N–H and O–H groups in total. The van der Waals surface area contributed by atoms with Crippen molar-refractivity contribution < 1.29 is 18.4 Å². The van der Waals surface area contributed by atoms with Crippen LogP contribution in [0.5, 0.6) is 0 Å². The van der Waals surface area contributed by atoms with Gasteiger partial charge in [-0.2, -0.15) is 0 Å². The highest BCUT2D eigenvalue weighted by Crippen LogP contribution is 2.18. The van der Waals surface area contributed by atoms with Crippen LogP contribution < -0.4 is 5.32 Å². The number of nitrogens with one attached hydrogen (secondary N) is 1. The summed E-state index contributed by atoms with van der Waals surface area (Å²) in [5.41, 5.74) is 0.0957. The van der Waals surface area contributed by atoms with Gasteiger partial charge in [-0.25, -0.2) is 8.78 Å². The van der Waals surface area contributed by atoms with Crippen molar-refractivity contribution in [2.45, 2.75) is 18.9 Å². The normalized spacial score (nSPS) is 14.4. The van der Waals surface area contributed by atoms with Crippen LogP contribution in [-0.4, -0.2) is 42.8 Å². The fourth-order valence-electron chi connectivity index (χ4n) is 1.81. The molecule has 1 saturated carbocycles. The van der Waals surface area contributed by atoms with Crippen LogP contribution in [-0.2, 0) is 4.79 Å². The van der Waals surface area contributed by atoms with Gasteiger partial charge in [-0.1, -0.05) is 0 Å². The standard InChI is InChI=1S/C14H16F2N2O2/c1-18(8-14(20)17-10-3-4-10)7-13(19)9-2-5-11(15)12(16)6-9/h2,5-6,10H,3-4,7-8H2,1H3,(H,17,20). The topological polar surface area (TPSA) is 49.4 Å². The second-order valence-electron chi connectivity index (χ2n) is 5.07. The number of carbonyl (C=O) groups is 2. The predicted octanol–water partition coefficient (Wildman–Crippen LogP) is 1.36. The first-order valence-corrected chi connectivity index (χ1v) is 6.42. The van der Waals surface area contributed by atoms with Gasteiger partial charge in [-0.15, -0.1) is 0 Å². The first-order chi connectivity index (χ1) is 9.45. The van der Waals surface area contributed by atoms with E-state index >= 15 is 0 Å². The Kier molecular flexibility index (Phi) is 4.44. The third-order valence-electron chi connectivity index (χ3n) is 3.01. The number of nitrogens with zero attached hydrogens (tertiary/aromatic N) is 1. The number of rotatable bonds is 6. The molecule has 1 aromatic carbocycles. The lowest BCUT2D eigenvalue weighted by Crippen LogP contribution is -2.38. The summed E-state index contributed by atoms with van der Waals surface area (Å²) < 4.78 is 25.8. The molecule has 1 aliphatic rings. The van der Waals surface area contributed by atoms with Crippen molar-refractivity contribution >= 4 is 11.7 Å². The Morgan fingerprint density at radius 3 is 2.55 bits per heavy atom. The van der Waals surface area contributed by atoms with Gasteiger partial charge < -0.3 is 5.32 Å². The second kappa shape index (κ2) is 6.09. The minimum atomic E-state index is -1.05. The highest BCUT2D eigenvalue weighted by Gasteiger charge is 2.23. The van der Waals surface area contributed by atoms with E-state index in [2.05, 4.69) is 5.32 Å². The highest BCUT2D eigenvalue weighted by molar-refractivity contribution is 5.97. The van der Waals surface area contributed by atoms with Gasteiger partial charge in [0, 0.05) is 11.6 Å². The lowest BCUT2D eigenvalue weighted by Gasteiger charge is -2.15. The van der Waals surface area contributed by atoms with Crippen LogP contribution in [0.1, 0.15) is 23.2 Å². The van der Waals surface area contributed by atoms with E-state index in [1.165, 1.54) is 6.07 Å². The Balaban J connectivity index is 1.85. The number of hydrogen-bond donors (Lipinski definition) is 1. The molecular weight excluding hydrogens is 266 g/mol. The molecule has 0 bridgehead atoms. The predicted molar refractivity (Wildman–Crippen MR) is 69.4 cm³/mol. The van der Waals surface area contributed by atoms with Gasteiger partial charge in [0.15, 0.2) is 17.4 Å². The lowest BCUT2D eigenvalue weighted by atomic mass is 10.1. The monoisotopic (exact) mass is 282 g/mol. The number of Topliss-reactive ketones (excluding diaryl/α,β-unsaturated/α-hetero) is 1. The van der Waals surface area contributed by atoms with E-state index in [1.54, 1.807) is 11.9 Å². The quantitative estimate of drug-likeness (QED) is 0.801. The maximum Gasteiger partial charge on any atom is 0.234 e. The number of halogens is 2. The van der Waals surface area contributed by atoms with Crippen molar-refractivity contribution in [1.82, 2.24) is 10.2 Å². The summed E-state index contributed by atoms with van der Waals surface area (Å²) in [5, 5.41) is 2.81. The summed E-state index contributed by atoms with van der Waals surface area (Å²) in [4.78, 5) is 25.0. The molecule has 2 rings (SSSR count). The fourth-order valence-corrected chi connectivity index (χ4v) is 1.81. The summed E-state index contributed by atoms with van der Waals surface area (Å²) in [6.45, 7) is 0.0784. The first kappa shape index (κ1) is 14.6. The third-order valence-corrected chi connectivity index (χ3v) is 3.01. The molecule has 0 aliphatic heterocycles. The molecule has 1 aliphatic carbocycles. The van der Waals surface area contributed by atoms with E-state index < -0.39 is 11.6 Å². The summed E-state index contributed by atoms with van der Waals surface area (Å²) in [5.74, 6) is -2.53. The van der Waals surface area contributed by atoms with Crippen molar-refractivity contribution in [2.24, 2.45) is 0 Å². The van der Waals surface area contributed by atoms with Gasteiger partial charge in [0.2, 0.25) is 5.91 Å². The Bertz CT molecular complexity index is 530. The molecule has 1 fully saturated rings. The molecule has 0 saturated heterocycles. The number of ketones is 1. The van der Waals surface area contributed by atoms with Crippen LogP contribution in [0, 0.1) is 11.6 Å². The van der Waals surface area contributed by atoms with Gasteiger partial charge in [0.25, 0.3) is 0 Å². The molecule has 1 aromatic rings. The maximum atomic E-state index is 13.0. The van der Waals surface area contributed by atoms with E-state index in [0.717, 1.165) is 25.0 Å². The van der Waals surface area contributed by atoms with E-state index in [4.69, 9.17) is 0 Å². The number of carbonyl (C=O) groups excluding carboxylic acids is 2. The molecule has 0 heterocycles. The van der Waals surface area contributed by atoms with Crippen LogP contribution >= 0.6 is 0 Å². The molecule has 0 unspecified atom stereocenters. The number of hydrogen-bond acceptors (Lipinski definition) is 3. The zero-order valence-electron chi connectivity index (χ0n) is 11.2. The summed E-state index contributed by atoms with van der Waals surface area (Å²) in [7, 11) is 1.63. The maximum absolute atomic E-state index is 13.0. The molecular formula is C14H16F2N2O2. The van der Waals surface area contributed by atoms with Crippen LogP contribution in [0.2, 0.25) is 0 Å². The Morgan fingerprint density at radius 2 is 1.95 bits per heavy atom. The molecule has 6 heteroatoms. The Morgan fingerprint density at radius 1 is 1.25 bits per heavy atom. The SMILES string of the molecule is CN(CC(=O)NC1CC1)CC(=O)c1ccc(F)c(F)c1. The van der Waals surface area contributed by atoms with Crippen LogP contribution in [0.25, 0.3) is 0 Å². The van der Waals surface area contributed by atoms with E-state index in [9.17, 15) is 18.4 Å². The third kappa shape index (κ3) is 4.09. The summed E-state index contributed by atoms with van der Waals surface area (Å²) in [6, 6.07) is 3.30. The zero-order valence-corrected chi connectivity index (χ0v) is 11.2. The lowest BCUT2D eigenvalue weighted by molar-refractivity contribution is -0.121. The summed E-state index contributed by atoms with van der Waals surface area (Å²) in [6.07, 6.45) is 2.01. The molecule has 1 amide bonds. The zero-order chi connectivity index (χ0) is 14.7. The highest BCUT2D eigenvalue weighted by atomic mass is 19.2. The second-order valence-corrected chi connectivity index (χ2v) is 5.07. The smallest absolute Gasteiger partial charge is 0.234 e. The summed E-state index contributed by atoms with van der Waals surface area (Å²) >= 11 is 0. The van der Waals surface area contributed by atoms with Crippen molar-refractivity contribution in [1.29, 1.82) is 0 Å². The number of benzene rings is 1. The first-order valence-electron chi connectivity index (χ1n) is 6.42. The van der Waals surface area contributed by atoms with E-state index in [0.29, 0.717) is 0 Å². The van der Waals surface area contributed by atoms with Crippen molar-refractivity contribution in [3.63, 3.8) is 0 Å². The van der Waals surface area contributed by atoms with Crippen molar-refractivity contribution in [2.75, 3.05) is 20.1 Å². The Hall–Kier alpha value is -1.82. The number of likely N-dealkylation sites (N-methyl/N-ethyl adjacent to an activating group) is 1. The van der Waals surface area contributed by atoms with E-state index in [1.807, 2.05) is 0 Å². The number of amides is 1. The minimum absolute atomic E-state index is 0.0246. The average molecular weight is 282 g/mol. The van der Waals surface area contributed by atoms with Crippen molar-refractivity contribution in [3.05, 3.63) is 35.4 Å². The van der Waals surface area contributed by atoms with Gasteiger partial charge >= 0.3 is 0 Å². The molecule has 0 spiro atoms. The molecule has 4 nitrogen and oxygen atoms in total. The van der Waals surface area contributed by atoms with Crippen LogP contribution in [0.4, 0.5) is 8.78 Å². The van der Waals surface area contributed by atoms with Gasteiger partial charge in [-0.3, -0.25) is 14.5 Å². The van der Waals surface area contributed by atoms with Gasteiger partial charge in [0.1, 0.15) is 0 Å². The molecule has 0 atom stereocenters. The molecule has 0 radical (unpaired) electrons. The largest absolute Gasteiger partial charge is 0.352 e. The van der Waals surface area contributed by atoms with Gasteiger partial charge in [-0.05, 0) is 38.1 Å². The van der Waals surface area contributed by atoms with Crippen molar-refractivity contribution in [3.8, 4) is 0 Å². The Labute approximate surface area is 115 Å². The van der Waals surface area contributed by atoms with Crippen LogP contribution in [0.15, 0.2) is 18.2 Å². The van der Waals surface area contributed by atoms with Crippen LogP contribution in [0.3, 0.4) is 0 Å².